The highest BCUT2D eigenvalue weighted by Gasteiger charge is 2.03. The number of hydrogen-bond donors (Lipinski definition) is 1. The molecule has 2 N–H and O–H groups in total. The summed E-state index contributed by atoms with van der Waals surface area (Å²) in [6, 6.07) is 12.2. The monoisotopic (exact) mass is 283 g/mol. The number of allylic oxidation sites excluding steroid dienone is 1. The summed E-state index contributed by atoms with van der Waals surface area (Å²) in [6.45, 7) is 0. The van der Waals surface area contributed by atoms with E-state index < -0.39 is 0 Å². The second-order valence-electron chi connectivity index (χ2n) is 4.47. The van der Waals surface area contributed by atoms with E-state index in [1.807, 2.05) is 12.1 Å². The maximum atomic E-state index is 12.0. The fraction of sp³-hybridized carbons (Fsp3) is 0.118. The highest BCUT2D eigenvalue weighted by atomic mass is 16.5. The van der Waals surface area contributed by atoms with Crippen molar-refractivity contribution in [3.8, 4) is 11.5 Å². The van der Waals surface area contributed by atoms with Crippen LogP contribution in [0.3, 0.4) is 0 Å². The first-order valence-electron chi connectivity index (χ1n) is 6.43. The average Bonchev–Trinajstić information content (AvgIpc) is 2.52. The van der Waals surface area contributed by atoms with E-state index in [1.165, 1.54) is 6.08 Å². The Balaban J connectivity index is 2.20. The van der Waals surface area contributed by atoms with Gasteiger partial charge >= 0.3 is 0 Å². The summed E-state index contributed by atoms with van der Waals surface area (Å²) in [6.07, 6.45) is 3.24. The van der Waals surface area contributed by atoms with Crippen LogP contribution in [0.25, 0.3) is 6.08 Å². The van der Waals surface area contributed by atoms with E-state index in [-0.39, 0.29) is 5.78 Å². The molecule has 0 saturated carbocycles. The zero-order valence-electron chi connectivity index (χ0n) is 12.0. The molecule has 4 nitrogen and oxygen atoms in total. The van der Waals surface area contributed by atoms with Crippen LogP contribution in [0, 0.1) is 0 Å². The van der Waals surface area contributed by atoms with Gasteiger partial charge in [0.1, 0.15) is 11.5 Å². The number of nitrogen functional groups attached to an aromatic ring is 1. The van der Waals surface area contributed by atoms with Gasteiger partial charge < -0.3 is 15.2 Å². The molecule has 2 aromatic carbocycles. The highest BCUT2D eigenvalue weighted by Crippen LogP contribution is 2.23. The number of ether oxygens (including phenoxy) is 2. The van der Waals surface area contributed by atoms with Crippen LogP contribution in [0.2, 0.25) is 0 Å². The van der Waals surface area contributed by atoms with Crippen molar-refractivity contribution >= 4 is 17.5 Å². The molecule has 0 bridgehead atoms. The molecule has 21 heavy (non-hydrogen) atoms. The maximum Gasteiger partial charge on any atom is 0.185 e. The van der Waals surface area contributed by atoms with Crippen LogP contribution in [-0.2, 0) is 0 Å². The van der Waals surface area contributed by atoms with Crippen LogP contribution in [0.4, 0.5) is 5.69 Å². The molecular formula is C17H17NO3. The van der Waals surface area contributed by atoms with Crippen molar-refractivity contribution in [1.29, 1.82) is 0 Å². The van der Waals surface area contributed by atoms with E-state index >= 15 is 0 Å². The van der Waals surface area contributed by atoms with Crippen LogP contribution < -0.4 is 15.2 Å². The Morgan fingerprint density at radius 3 is 2.10 bits per heavy atom. The summed E-state index contributed by atoms with van der Waals surface area (Å²) in [5.41, 5.74) is 7.65. The molecule has 4 heteroatoms. The van der Waals surface area contributed by atoms with Crippen molar-refractivity contribution in [2.75, 3.05) is 20.0 Å². The first-order chi connectivity index (χ1) is 10.1. The summed E-state index contributed by atoms with van der Waals surface area (Å²) in [4.78, 5) is 12.0. The molecule has 0 aliphatic heterocycles. The lowest BCUT2D eigenvalue weighted by Crippen LogP contribution is -1.95. The lowest BCUT2D eigenvalue weighted by Gasteiger charge is -2.05. The van der Waals surface area contributed by atoms with Crippen LogP contribution in [0.5, 0.6) is 11.5 Å². The zero-order valence-corrected chi connectivity index (χ0v) is 12.0. The third-order valence-electron chi connectivity index (χ3n) is 3.00. The number of anilines is 1. The molecule has 0 amide bonds. The molecule has 0 aromatic heterocycles. The van der Waals surface area contributed by atoms with Gasteiger partial charge in [-0.3, -0.25) is 4.79 Å². The second-order valence-corrected chi connectivity index (χ2v) is 4.47. The minimum atomic E-state index is -0.0863. The molecule has 0 saturated heterocycles. The molecule has 2 aromatic rings. The molecule has 0 aliphatic rings. The summed E-state index contributed by atoms with van der Waals surface area (Å²) in [7, 11) is 3.17. The molecule has 2 rings (SSSR count). The fourth-order valence-corrected chi connectivity index (χ4v) is 1.84. The first kappa shape index (κ1) is 14.7. The van der Waals surface area contributed by atoms with Gasteiger partial charge in [-0.25, -0.2) is 0 Å². The van der Waals surface area contributed by atoms with E-state index in [2.05, 4.69) is 0 Å². The van der Waals surface area contributed by atoms with Gasteiger partial charge in [0.05, 0.1) is 14.2 Å². The van der Waals surface area contributed by atoms with Gasteiger partial charge in [0, 0.05) is 17.3 Å². The molecular weight excluding hydrogens is 266 g/mol. The number of carbonyl (C=O) groups is 1. The van der Waals surface area contributed by atoms with Gasteiger partial charge in [-0.2, -0.15) is 0 Å². The lowest BCUT2D eigenvalue weighted by molar-refractivity contribution is 0.104. The molecule has 0 fully saturated rings. The summed E-state index contributed by atoms with van der Waals surface area (Å²) in [5, 5.41) is 0. The van der Waals surface area contributed by atoms with Crippen LogP contribution in [-0.4, -0.2) is 20.0 Å². The number of nitrogens with two attached hydrogens (primary N) is 1. The smallest absolute Gasteiger partial charge is 0.185 e. The predicted octanol–water partition coefficient (Wildman–Crippen LogP) is 3.18. The second kappa shape index (κ2) is 6.61. The van der Waals surface area contributed by atoms with E-state index in [9.17, 15) is 4.79 Å². The molecule has 0 unspecified atom stereocenters. The normalized spacial score (nSPS) is 10.6. The van der Waals surface area contributed by atoms with E-state index in [4.69, 9.17) is 15.2 Å². The molecule has 0 aliphatic carbocycles. The van der Waals surface area contributed by atoms with Gasteiger partial charge in [-0.05, 0) is 48.0 Å². The van der Waals surface area contributed by atoms with Gasteiger partial charge in [0.2, 0.25) is 0 Å². The van der Waals surface area contributed by atoms with Gasteiger partial charge in [0.15, 0.2) is 5.78 Å². The summed E-state index contributed by atoms with van der Waals surface area (Å²) in [5.74, 6) is 1.26. The minimum Gasteiger partial charge on any atom is -0.497 e. The standard InChI is InChI=1S/C17H17NO3/c1-20-15-9-12(10-16(11-15)21-2)3-8-17(19)13-4-6-14(18)7-5-13/h3-11H,18H2,1-2H3/b8-3+. The van der Waals surface area contributed by atoms with Gasteiger partial charge in [-0.15, -0.1) is 0 Å². The largest absolute Gasteiger partial charge is 0.497 e. The van der Waals surface area contributed by atoms with E-state index in [0.29, 0.717) is 22.7 Å². The fourth-order valence-electron chi connectivity index (χ4n) is 1.84. The highest BCUT2D eigenvalue weighted by molar-refractivity contribution is 6.06. The Bertz CT molecular complexity index is 638. The number of benzene rings is 2. The zero-order chi connectivity index (χ0) is 15.2. The molecule has 108 valence electrons. The topological polar surface area (TPSA) is 61.5 Å². The number of carbonyl (C=O) groups excluding carboxylic acids is 1. The van der Waals surface area contributed by atoms with Crippen molar-refractivity contribution in [1.82, 2.24) is 0 Å². The quantitative estimate of drug-likeness (QED) is 0.520. The lowest BCUT2D eigenvalue weighted by atomic mass is 10.1. The third-order valence-corrected chi connectivity index (χ3v) is 3.00. The van der Waals surface area contributed by atoms with Crippen molar-refractivity contribution in [2.45, 2.75) is 0 Å². The van der Waals surface area contributed by atoms with E-state index in [1.54, 1.807) is 50.6 Å². The number of hydrogen-bond acceptors (Lipinski definition) is 4. The SMILES string of the molecule is COc1cc(/C=C/C(=O)c2ccc(N)cc2)cc(OC)c1. The van der Waals surface area contributed by atoms with E-state index in [0.717, 1.165) is 5.56 Å². The number of methoxy groups -OCH3 is 2. The minimum absolute atomic E-state index is 0.0863. The number of ketones is 1. The summed E-state index contributed by atoms with van der Waals surface area (Å²) >= 11 is 0. The third kappa shape index (κ3) is 3.86. The summed E-state index contributed by atoms with van der Waals surface area (Å²) < 4.78 is 10.4. The predicted molar refractivity (Wildman–Crippen MR) is 83.8 cm³/mol. The maximum absolute atomic E-state index is 12.0. The Hall–Kier alpha value is -2.75. The number of rotatable bonds is 5. The van der Waals surface area contributed by atoms with Crippen molar-refractivity contribution < 1.29 is 14.3 Å². The molecule has 0 spiro atoms. The van der Waals surface area contributed by atoms with Crippen LogP contribution >= 0.6 is 0 Å². The van der Waals surface area contributed by atoms with Crippen LogP contribution in [0.1, 0.15) is 15.9 Å². The van der Waals surface area contributed by atoms with Crippen molar-refractivity contribution in [3.05, 3.63) is 59.7 Å². The van der Waals surface area contributed by atoms with Gasteiger partial charge in [0.25, 0.3) is 0 Å². The van der Waals surface area contributed by atoms with Crippen molar-refractivity contribution in [2.24, 2.45) is 0 Å². The Morgan fingerprint density at radius 2 is 1.57 bits per heavy atom. The average molecular weight is 283 g/mol. The molecule has 0 atom stereocenters. The Labute approximate surface area is 123 Å². The molecule has 0 radical (unpaired) electrons. The van der Waals surface area contributed by atoms with Gasteiger partial charge in [-0.1, -0.05) is 6.08 Å². The Morgan fingerprint density at radius 1 is 1.00 bits per heavy atom. The van der Waals surface area contributed by atoms with Crippen LogP contribution in [0.15, 0.2) is 48.5 Å². The molecule has 0 heterocycles. The first-order valence-corrected chi connectivity index (χ1v) is 6.43. The Kier molecular flexibility index (Phi) is 4.61. The van der Waals surface area contributed by atoms with Crippen molar-refractivity contribution in [3.63, 3.8) is 0 Å².